The molecule has 0 aliphatic carbocycles. The van der Waals surface area contributed by atoms with Gasteiger partial charge in [0.05, 0.1) is 45.7 Å². The van der Waals surface area contributed by atoms with Gasteiger partial charge in [0.2, 0.25) is 0 Å². The Kier molecular flexibility index (Phi) is 12.7. The predicted molar refractivity (Wildman–Crippen MR) is 62.6 cm³/mol. The van der Waals surface area contributed by atoms with Gasteiger partial charge >= 0.3 is 0 Å². The van der Waals surface area contributed by atoms with E-state index in [1.54, 1.807) is 7.11 Å². The molecule has 5 nitrogen and oxygen atoms in total. The average molecular weight is 235 g/mol. The third-order valence-electron chi connectivity index (χ3n) is 2.10. The van der Waals surface area contributed by atoms with Crippen LogP contribution in [0.1, 0.15) is 13.3 Å². The smallest absolute Gasteiger partial charge is 0.0704 e. The van der Waals surface area contributed by atoms with Crippen LogP contribution in [0.5, 0.6) is 0 Å². The molecular formula is C11H25NO4. The molecule has 2 N–H and O–H groups in total. The summed E-state index contributed by atoms with van der Waals surface area (Å²) in [4.78, 5) is 0. The molecule has 1 atom stereocenters. The summed E-state index contributed by atoms with van der Waals surface area (Å²) in [6, 6.07) is 0. The number of nitrogens with two attached hydrogens (primary N) is 1. The molecule has 0 aliphatic rings. The fourth-order valence-corrected chi connectivity index (χ4v) is 1.09. The van der Waals surface area contributed by atoms with E-state index in [9.17, 15) is 0 Å². The Bertz CT molecular complexity index is 131. The zero-order valence-corrected chi connectivity index (χ0v) is 10.4. The highest BCUT2D eigenvalue weighted by Crippen LogP contribution is 1.94. The average Bonchev–Trinajstić information content (AvgIpc) is 2.32. The quantitative estimate of drug-likeness (QED) is 0.497. The first-order chi connectivity index (χ1) is 7.85. The number of methoxy groups -OCH3 is 1. The monoisotopic (exact) mass is 235 g/mol. The first-order valence-electron chi connectivity index (χ1n) is 5.81. The van der Waals surface area contributed by atoms with Crippen LogP contribution in [0.4, 0.5) is 0 Å². The van der Waals surface area contributed by atoms with Gasteiger partial charge < -0.3 is 24.7 Å². The first-order valence-corrected chi connectivity index (χ1v) is 5.81. The summed E-state index contributed by atoms with van der Waals surface area (Å²) in [7, 11) is 1.65. The molecule has 0 bridgehead atoms. The highest BCUT2D eigenvalue weighted by Gasteiger charge is 2.02. The van der Waals surface area contributed by atoms with Gasteiger partial charge in [-0.05, 0) is 6.42 Å². The van der Waals surface area contributed by atoms with Crippen LogP contribution >= 0.6 is 0 Å². The van der Waals surface area contributed by atoms with E-state index in [1.807, 2.05) is 0 Å². The van der Waals surface area contributed by atoms with Crippen molar-refractivity contribution in [2.75, 3.05) is 53.3 Å². The molecule has 5 heteroatoms. The predicted octanol–water partition coefficient (Wildman–Crippen LogP) is 0.420. The Morgan fingerprint density at radius 1 is 0.938 bits per heavy atom. The van der Waals surface area contributed by atoms with Crippen molar-refractivity contribution in [3.05, 3.63) is 0 Å². The van der Waals surface area contributed by atoms with Crippen molar-refractivity contribution < 1.29 is 18.9 Å². The highest BCUT2D eigenvalue weighted by atomic mass is 16.6. The largest absolute Gasteiger partial charge is 0.382 e. The molecule has 16 heavy (non-hydrogen) atoms. The standard InChI is InChI=1S/C11H25NO4/c1-3-11(10-12)16-9-8-15-7-6-14-5-4-13-2/h11H,3-10,12H2,1-2H3. The molecule has 0 spiro atoms. The van der Waals surface area contributed by atoms with Crippen molar-refractivity contribution in [2.24, 2.45) is 5.73 Å². The number of rotatable bonds is 12. The second-order valence-electron chi connectivity index (χ2n) is 3.35. The normalized spacial score (nSPS) is 12.9. The lowest BCUT2D eigenvalue weighted by Crippen LogP contribution is -2.24. The molecule has 0 rings (SSSR count). The summed E-state index contributed by atoms with van der Waals surface area (Å²) < 4.78 is 20.9. The van der Waals surface area contributed by atoms with E-state index in [2.05, 4.69) is 6.92 Å². The van der Waals surface area contributed by atoms with Gasteiger partial charge in [-0.25, -0.2) is 0 Å². The van der Waals surface area contributed by atoms with E-state index in [1.165, 1.54) is 0 Å². The van der Waals surface area contributed by atoms with Crippen molar-refractivity contribution in [2.45, 2.75) is 19.4 Å². The highest BCUT2D eigenvalue weighted by molar-refractivity contribution is 4.54. The maximum Gasteiger partial charge on any atom is 0.0704 e. The van der Waals surface area contributed by atoms with Gasteiger partial charge in [0.25, 0.3) is 0 Å². The summed E-state index contributed by atoms with van der Waals surface area (Å²) in [5, 5.41) is 0. The van der Waals surface area contributed by atoms with Crippen LogP contribution in [-0.2, 0) is 18.9 Å². The van der Waals surface area contributed by atoms with Crippen molar-refractivity contribution in [1.82, 2.24) is 0 Å². The number of hydrogen-bond acceptors (Lipinski definition) is 5. The molecule has 0 radical (unpaired) electrons. The zero-order valence-electron chi connectivity index (χ0n) is 10.4. The molecule has 1 unspecified atom stereocenters. The third-order valence-corrected chi connectivity index (χ3v) is 2.10. The molecule has 98 valence electrons. The van der Waals surface area contributed by atoms with Gasteiger partial charge in [-0.2, -0.15) is 0 Å². The lowest BCUT2D eigenvalue weighted by molar-refractivity contribution is -0.0147. The second kappa shape index (κ2) is 12.9. The summed E-state index contributed by atoms with van der Waals surface area (Å²) in [6.07, 6.45) is 1.10. The Hall–Kier alpha value is -0.200. The van der Waals surface area contributed by atoms with E-state index < -0.39 is 0 Å². The molecule has 0 saturated heterocycles. The van der Waals surface area contributed by atoms with E-state index in [0.29, 0.717) is 46.2 Å². The minimum absolute atomic E-state index is 0.154. The molecule has 0 amide bonds. The van der Waals surface area contributed by atoms with E-state index in [0.717, 1.165) is 6.42 Å². The second-order valence-corrected chi connectivity index (χ2v) is 3.35. The fourth-order valence-electron chi connectivity index (χ4n) is 1.09. The first kappa shape index (κ1) is 15.8. The van der Waals surface area contributed by atoms with E-state index in [-0.39, 0.29) is 6.10 Å². The molecule has 0 saturated carbocycles. The van der Waals surface area contributed by atoms with Crippen molar-refractivity contribution in [3.8, 4) is 0 Å². The van der Waals surface area contributed by atoms with Crippen LogP contribution in [0.2, 0.25) is 0 Å². The Morgan fingerprint density at radius 3 is 2.00 bits per heavy atom. The molecule has 0 heterocycles. The lowest BCUT2D eigenvalue weighted by Gasteiger charge is -2.13. The lowest BCUT2D eigenvalue weighted by atomic mass is 10.3. The van der Waals surface area contributed by atoms with Gasteiger partial charge in [-0.3, -0.25) is 0 Å². The summed E-state index contributed by atoms with van der Waals surface area (Å²) in [5.41, 5.74) is 5.49. The van der Waals surface area contributed by atoms with Crippen LogP contribution < -0.4 is 5.73 Å². The van der Waals surface area contributed by atoms with Crippen molar-refractivity contribution in [1.29, 1.82) is 0 Å². The van der Waals surface area contributed by atoms with E-state index >= 15 is 0 Å². The molecular weight excluding hydrogens is 210 g/mol. The fraction of sp³-hybridized carbons (Fsp3) is 1.00. The minimum atomic E-state index is 0.154. The topological polar surface area (TPSA) is 62.9 Å². The Morgan fingerprint density at radius 2 is 1.50 bits per heavy atom. The molecule has 0 aliphatic heterocycles. The number of ether oxygens (including phenoxy) is 4. The van der Waals surface area contributed by atoms with Crippen LogP contribution in [0.15, 0.2) is 0 Å². The SMILES string of the molecule is CCC(CN)OCCOCCOCCOC. The van der Waals surface area contributed by atoms with Gasteiger partial charge in [0.1, 0.15) is 0 Å². The molecule has 0 aromatic heterocycles. The van der Waals surface area contributed by atoms with Gasteiger partial charge in [-0.15, -0.1) is 0 Å². The summed E-state index contributed by atoms with van der Waals surface area (Å²) in [6.45, 7) is 6.22. The van der Waals surface area contributed by atoms with Crippen LogP contribution in [0, 0.1) is 0 Å². The Labute approximate surface area is 98.2 Å². The van der Waals surface area contributed by atoms with Crippen LogP contribution in [0.3, 0.4) is 0 Å². The summed E-state index contributed by atoms with van der Waals surface area (Å²) >= 11 is 0. The van der Waals surface area contributed by atoms with Gasteiger partial charge in [-0.1, -0.05) is 6.92 Å². The van der Waals surface area contributed by atoms with Crippen LogP contribution in [-0.4, -0.2) is 59.4 Å². The van der Waals surface area contributed by atoms with Gasteiger partial charge in [0, 0.05) is 13.7 Å². The third kappa shape index (κ3) is 10.3. The maximum atomic E-state index is 5.49. The number of hydrogen-bond donors (Lipinski definition) is 1. The van der Waals surface area contributed by atoms with Crippen LogP contribution in [0.25, 0.3) is 0 Å². The minimum Gasteiger partial charge on any atom is -0.382 e. The van der Waals surface area contributed by atoms with Gasteiger partial charge in [0.15, 0.2) is 0 Å². The molecule has 0 aromatic rings. The van der Waals surface area contributed by atoms with Crippen molar-refractivity contribution >= 4 is 0 Å². The zero-order chi connectivity index (χ0) is 12.1. The molecule has 0 aromatic carbocycles. The van der Waals surface area contributed by atoms with E-state index in [4.69, 9.17) is 24.7 Å². The Balaban J connectivity index is 3.03. The molecule has 0 fully saturated rings. The van der Waals surface area contributed by atoms with Crippen molar-refractivity contribution in [3.63, 3.8) is 0 Å². The summed E-state index contributed by atoms with van der Waals surface area (Å²) in [5.74, 6) is 0. The maximum absolute atomic E-state index is 5.49.